The van der Waals surface area contributed by atoms with Crippen LogP contribution in [0.4, 0.5) is 0 Å². The number of phenols is 1. The van der Waals surface area contributed by atoms with Gasteiger partial charge < -0.3 is 97.4 Å². The minimum atomic E-state index is -2.03. The molecule has 3 aromatic carbocycles. The number of ether oxygens (including phenoxy) is 3. The fourth-order valence-corrected chi connectivity index (χ4v) is 11.8. The number of rotatable bonds is 24. The molecule has 3 saturated heterocycles. The van der Waals surface area contributed by atoms with Gasteiger partial charge in [0.15, 0.2) is 11.5 Å². The van der Waals surface area contributed by atoms with Crippen molar-refractivity contribution < 1.29 is 83.5 Å². The number of phenolic OH excluding ortho intramolecular Hbond substituents is 1. The van der Waals surface area contributed by atoms with Gasteiger partial charge in [-0.15, -0.1) is 35.0 Å². The van der Waals surface area contributed by atoms with Gasteiger partial charge in [0.05, 0.1) is 43.2 Å². The number of carbonyl (C=O) groups excluding carboxylic acids is 7. The quantitative estimate of drug-likeness (QED) is 0.0385. The van der Waals surface area contributed by atoms with Crippen LogP contribution in [0, 0.1) is 5.92 Å². The zero-order valence-electron chi connectivity index (χ0n) is 51.7. The average Bonchev–Trinajstić information content (AvgIpc) is 1.88. The number of aliphatic hydroxyl groups is 6. The molecule has 28 nitrogen and oxygen atoms in total. The Bertz CT molecular complexity index is 3060. The van der Waals surface area contributed by atoms with Crippen LogP contribution in [0.25, 0.3) is 21.1 Å². The third-order valence-electron chi connectivity index (χ3n) is 16.0. The highest BCUT2D eigenvalue weighted by atomic mass is 35.5. The van der Waals surface area contributed by atoms with Crippen LogP contribution in [0.1, 0.15) is 81.1 Å². The van der Waals surface area contributed by atoms with Crippen LogP contribution in [-0.2, 0) is 39.9 Å². The first-order valence-corrected chi connectivity index (χ1v) is 31.1. The number of aromatic hydroxyl groups is 1. The van der Waals surface area contributed by atoms with E-state index in [-0.39, 0.29) is 73.6 Å². The Labute approximate surface area is 549 Å². The second kappa shape index (κ2) is 36.5. The van der Waals surface area contributed by atoms with E-state index in [1.807, 2.05) is 24.3 Å². The van der Waals surface area contributed by atoms with Gasteiger partial charge in [-0.2, -0.15) is 0 Å². The van der Waals surface area contributed by atoms with E-state index in [1.54, 1.807) is 26.3 Å². The van der Waals surface area contributed by atoms with Gasteiger partial charge in [0, 0.05) is 81.8 Å². The number of hydrogen-bond acceptors (Lipinski definition) is 22. The van der Waals surface area contributed by atoms with Crippen LogP contribution in [0.3, 0.4) is 0 Å². The van der Waals surface area contributed by atoms with Crippen molar-refractivity contribution in [1.82, 2.24) is 51.9 Å². The predicted molar refractivity (Wildman–Crippen MR) is 342 cm³/mol. The van der Waals surface area contributed by atoms with Crippen LogP contribution < -0.4 is 47.1 Å². The molecule has 4 heterocycles. The molecule has 13 atom stereocenters. The number of likely N-dealkylation sites (N-methyl/N-ethyl adjacent to an activating group) is 1. The molecule has 0 bridgehead atoms. The molecule has 0 aliphatic carbocycles. The number of methoxy groups -OCH3 is 1. The highest BCUT2D eigenvalue weighted by Gasteiger charge is 2.50. The zero-order valence-corrected chi connectivity index (χ0v) is 54.1. The first-order chi connectivity index (χ1) is 43.1. The molecule has 508 valence electrons. The Balaban J connectivity index is 0.00000768. The van der Waals surface area contributed by atoms with Crippen LogP contribution in [0.5, 0.6) is 17.2 Å². The fraction of sp³-hybridized carbons (Fsp3) is 0.557. The minimum Gasteiger partial charge on any atom is -0.504 e. The van der Waals surface area contributed by atoms with E-state index in [9.17, 15) is 69.3 Å². The third-order valence-corrected chi connectivity index (χ3v) is 17.0. The molecule has 3 aliphatic heterocycles. The average molecular weight is 1350 g/mol. The van der Waals surface area contributed by atoms with Crippen molar-refractivity contribution in [3.8, 4) is 38.4 Å². The molecule has 92 heavy (non-hydrogen) atoms. The summed E-state index contributed by atoms with van der Waals surface area (Å²) in [6.45, 7) is 2.90. The highest BCUT2D eigenvalue weighted by molar-refractivity contribution is 7.17. The molecule has 3 fully saturated rings. The number of β-amino-alcohol motifs (C(OH)–C–C–N with tert-alkyl or cyclic N) is 1. The second-order valence-corrected chi connectivity index (χ2v) is 23.9. The van der Waals surface area contributed by atoms with Gasteiger partial charge >= 0.3 is 0 Å². The lowest BCUT2D eigenvalue weighted by molar-refractivity contribution is -0.147. The summed E-state index contributed by atoms with van der Waals surface area (Å²) >= 11 is 1.31. The predicted octanol–water partition coefficient (Wildman–Crippen LogP) is -0.707. The van der Waals surface area contributed by atoms with Crippen LogP contribution in [0.15, 0.2) is 66.7 Å². The summed E-state index contributed by atoms with van der Waals surface area (Å²) in [5.74, 6) is -7.81. The number of nitrogens with zero attached hydrogens (tertiary/aromatic N) is 4. The number of aromatic nitrogens is 2. The van der Waals surface area contributed by atoms with Gasteiger partial charge in [-0.05, 0) is 93.9 Å². The third kappa shape index (κ3) is 20.3. The second-order valence-electron chi connectivity index (χ2n) is 23.0. The molecule has 4 aromatic rings. The summed E-state index contributed by atoms with van der Waals surface area (Å²) in [5, 5.41) is 104. The number of nitrogens with two attached hydrogens (primary N) is 1. The summed E-state index contributed by atoms with van der Waals surface area (Å²) < 4.78 is 16.7. The molecule has 0 saturated carbocycles. The Hall–Kier alpha value is -6.87. The maximum absolute atomic E-state index is 14.7. The summed E-state index contributed by atoms with van der Waals surface area (Å²) in [7, 11) is 3.39. The van der Waals surface area contributed by atoms with Crippen molar-refractivity contribution in [3.05, 3.63) is 77.9 Å². The standard InChI is InChI=1S/C61H85N11O17S.2ClH/c1-33-31-72-51(52(33)79)57(84)64-30-39(74)28-42(65-53(80)36-11-13-37(14-12-36)58-69-70-59(90-58)38-15-17-41(18-16-38)88-24-9-7-5-6-8-23-87-4)54(81)66-48(34(2)73)60(85)71-32-40(75)29-43(71)55(82)67-49(56(83)68-50(61(72)86)45(77)20-21-62)46(78)26-35-10-19-44(76)47(27-35)89-25-22-63-3;;/h10-19,27,33-34,39-40,42-43,45-46,48-52,63,73-79H,5-9,20-26,28-32,62H2,1-4H3,(H,64,84)(H,65,80)(H,66,81)(H,67,82)(H,68,83);2*1H/t33-,34+,39+,40+,42-,43-,45+,46+,48-,49-,50-,51-,52-;;/m0../s1. The number of carbonyl (C=O) groups is 7. The van der Waals surface area contributed by atoms with Crippen molar-refractivity contribution in [3.63, 3.8) is 0 Å². The van der Waals surface area contributed by atoms with E-state index in [2.05, 4.69) is 42.1 Å². The lowest BCUT2D eigenvalue weighted by Crippen LogP contribution is -2.64. The van der Waals surface area contributed by atoms with Crippen molar-refractivity contribution in [2.24, 2.45) is 11.7 Å². The Morgan fingerprint density at radius 1 is 0.728 bits per heavy atom. The van der Waals surface area contributed by atoms with E-state index >= 15 is 0 Å². The SMILES string of the molecule is CNCCOc1cc(C[C@@H](O)[C@@H]2NC(=O)[C@@H]3C[C@@H](O)CN3C(=O)[C@H]([C@@H](C)O)NC(=O)[C@@H](NC(=O)c3ccc(-c4nnc(-c5ccc(OCCCCCCCOC)cc5)s4)cc3)C[C@@H](O)CNC(=O)[C@@H]3[C@@H](O)[C@@H](C)CN3C(=O)[C@H]([C@H](O)CCN)NC2=O)ccc1O.Cl.Cl. The van der Waals surface area contributed by atoms with Crippen molar-refractivity contribution in [2.45, 2.75) is 145 Å². The topological polar surface area (TPSA) is 419 Å². The Morgan fingerprint density at radius 2 is 1.35 bits per heavy atom. The maximum Gasteiger partial charge on any atom is 0.251 e. The number of hydrogen-bond donors (Lipinski definition) is 14. The number of nitrogens with one attached hydrogen (secondary N) is 6. The summed E-state index contributed by atoms with van der Waals surface area (Å²) in [4.78, 5) is 103. The van der Waals surface area contributed by atoms with Crippen LogP contribution in [-0.4, -0.2) is 237 Å². The summed E-state index contributed by atoms with van der Waals surface area (Å²) in [5.41, 5.74) is 7.54. The molecular formula is C61H87Cl2N11O17S. The van der Waals surface area contributed by atoms with E-state index < -0.39 is 152 Å². The Morgan fingerprint density at radius 3 is 1.99 bits per heavy atom. The number of benzene rings is 3. The smallest absolute Gasteiger partial charge is 0.251 e. The molecule has 3 aliphatic rings. The monoisotopic (exact) mass is 1350 g/mol. The van der Waals surface area contributed by atoms with Gasteiger partial charge in [0.1, 0.15) is 58.6 Å². The molecule has 0 unspecified atom stereocenters. The number of halogens is 2. The van der Waals surface area contributed by atoms with Crippen molar-refractivity contribution >= 4 is 77.5 Å². The normalized spacial score (nSPS) is 24.4. The lowest BCUT2D eigenvalue weighted by atomic mass is 9.98. The van der Waals surface area contributed by atoms with Gasteiger partial charge in [0.25, 0.3) is 5.91 Å². The highest BCUT2D eigenvalue weighted by Crippen LogP contribution is 2.33. The minimum absolute atomic E-state index is 0. The van der Waals surface area contributed by atoms with Crippen LogP contribution >= 0.6 is 36.2 Å². The van der Waals surface area contributed by atoms with Gasteiger partial charge in [-0.1, -0.05) is 55.7 Å². The molecule has 31 heteroatoms. The number of aliphatic hydroxyl groups excluding tert-OH is 6. The van der Waals surface area contributed by atoms with E-state index in [0.29, 0.717) is 28.7 Å². The summed E-state index contributed by atoms with van der Waals surface area (Å²) in [6, 6.07) is 6.82. The number of fused-ring (bicyclic) bond motifs is 2. The van der Waals surface area contributed by atoms with Crippen molar-refractivity contribution in [2.75, 3.05) is 66.7 Å². The molecule has 1 aromatic heterocycles. The van der Waals surface area contributed by atoms with E-state index in [1.165, 1.54) is 48.6 Å². The maximum atomic E-state index is 14.7. The molecule has 15 N–H and O–H groups in total. The molecule has 7 amide bonds. The number of unbranched alkanes of at least 4 members (excludes halogenated alkanes) is 4. The molecule has 0 spiro atoms. The van der Waals surface area contributed by atoms with Gasteiger partial charge in [-0.3, -0.25) is 33.6 Å². The van der Waals surface area contributed by atoms with Crippen LogP contribution in [0.2, 0.25) is 0 Å². The fourth-order valence-electron chi connectivity index (χ4n) is 10.9. The van der Waals surface area contributed by atoms with Gasteiger partial charge in [-0.25, -0.2) is 0 Å². The van der Waals surface area contributed by atoms with E-state index in [0.717, 1.165) is 66.7 Å². The number of amides is 7. The molecule has 0 radical (unpaired) electrons. The molecular weight excluding hydrogens is 1260 g/mol. The first-order valence-electron chi connectivity index (χ1n) is 30.3. The first kappa shape index (κ1) is 75.8. The Kier molecular flexibility index (Phi) is 30.1. The van der Waals surface area contributed by atoms with Gasteiger partial charge in [0.2, 0.25) is 35.4 Å². The lowest BCUT2D eigenvalue weighted by Gasteiger charge is -2.34. The van der Waals surface area contributed by atoms with E-state index in [4.69, 9.17) is 19.9 Å². The van der Waals surface area contributed by atoms with Crippen molar-refractivity contribution in [1.29, 1.82) is 0 Å². The summed E-state index contributed by atoms with van der Waals surface area (Å²) in [6.07, 6.45) is -6.54. The zero-order chi connectivity index (χ0) is 65.2. The largest absolute Gasteiger partial charge is 0.504 e. The molecule has 7 rings (SSSR count).